The molecule has 1 aliphatic heterocycles. The Morgan fingerprint density at radius 1 is 1.29 bits per heavy atom. The van der Waals surface area contributed by atoms with Gasteiger partial charge in [-0.05, 0) is 12.8 Å². The number of hydrogen-bond acceptors (Lipinski definition) is 4. The molecule has 0 aromatic heterocycles. The summed E-state index contributed by atoms with van der Waals surface area (Å²) in [5.41, 5.74) is 5.24. The van der Waals surface area contributed by atoms with Crippen molar-refractivity contribution in [2.75, 3.05) is 38.6 Å². The summed E-state index contributed by atoms with van der Waals surface area (Å²) < 4.78 is 29.6. The van der Waals surface area contributed by atoms with Gasteiger partial charge in [-0.3, -0.25) is 0 Å². The lowest BCUT2D eigenvalue weighted by Crippen LogP contribution is -2.39. The molecule has 1 aliphatic rings. The molecule has 0 saturated carbocycles. The van der Waals surface area contributed by atoms with Crippen molar-refractivity contribution in [3.63, 3.8) is 0 Å². The highest BCUT2D eigenvalue weighted by molar-refractivity contribution is 7.89. The Hall–Kier alpha value is -0.170. The lowest BCUT2D eigenvalue weighted by Gasteiger charge is -2.25. The predicted octanol–water partition coefficient (Wildman–Crippen LogP) is -0.613. The third-order valence-electron chi connectivity index (χ3n) is 2.20. The summed E-state index contributed by atoms with van der Waals surface area (Å²) in [5.74, 6) is 0.282. The van der Waals surface area contributed by atoms with E-state index in [1.807, 2.05) is 0 Å². The van der Waals surface area contributed by atoms with Crippen LogP contribution in [0, 0.1) is 0 Å². The molecule has 0 spiro atoms. The Morgan fingerprint density at radius 3 is 2.71 bits per heavy atom. The van der Waals surface area contributed by atoms with Gasteiger partial charge in [0.2, 0.25) is 10.0 Å². The molecule has 1 rings (SSSR count). The van der Waals surface area contributed by atoms with Crippen LogP contribution < -0.4 is 5.73 Å². The molecule has 14 heavy (non-hydrogen) atoms. The van der Waals surface area contributed by atoms with Crippen LogP contribution in [0.2, 0.25) is 0 Å². The van der Waals surface area contributed by atoms with Crippen molar-refractivity contribution in [2.45, 2.75) is 12.8 Å². The van der Waals surface area contributed by atoms with Gasteiger partial charge in [0.25, 0.3) is 0 Å². The van der Waals surface area contributed by atoms with Gasteiger partial charge in [0.05, 0.1) is 19.0 Å². The summed E-state index contributed by atoms with van der Waals surface area (Å²) in [6.07, 6.45) is 1.73. The van der Waals surface area contributed by atoms with Crippen LogP contribution in [0.1, 0.15) is 12.8 Å². The van der Waals surface area contributed by atoms with Gasteiger partial charge in [-0.15, -0.1) is 0 Å². The van der Waals surface area contributed by atoms with Gasteiger partial charge in [-0.2, -0.15) is 4.31 Å². The lowest BCUT2D eigenvalue weighted by atomic mass is 10.3. The fourth-order valence-electron chi connectivity index (χ4n) is 1.44. The first-order valence-corrected chi connectivity index (χ1v) is 6.53. The van der Waals surface area contributed by atoms with Gasteiger partial charge in [-0.25, -0.2) is 8.42 Å². The molecule has 0 amide bonds. The van der Waals surface area contributed by atoms with Gasteiger partial charge in [0.15, 0.2) is 0 Å². The van der Waals surface area contributed by atoms with Crippen LogP contribution in [0.4, 0.5) is 0 Å². The minimum absolute atomic E-state index is 0.282. The highest BCUT2D eigenvalue weighted by Gasteiger charge is 2.24. The van der Waals surface area contributed by atoms with Crippen LogP contribution in [0.25, 0.3) is 0 Å². The van der Waals surface area contributed by atoms with E-state index >= 15 is 0 Å². The summed E-state index contributed by atoms with van der Waals surface area (Å²) >= 11 is 0. The highest BCUT2D eigenvalue weighted by Crippen LogP contribution is 2.12. The Bertz CT molecular complexity index is 253. The van der Waals surface area contributed by atoms with Crippen molar-refractivity contribution < 1.29 is 13.2 Å². The molecule has 0 radical (unpaired) electrons. The SMILES string of the molecule is NCCOCCN1CCCCS1(=O)=O. The first-order chi connectivity index (χ1) is 6.67. The van der Waals surface area contributed by atoms with Gasteiger partial charge in [0.1, 0.15) is 0 Å². The molecule has 0 bridgehead atoms. The summed E-state index contributed by atoms with van der Waals surface area (Å²) in [4.78, 5) is 0. The van der Waals surface area contributed by atoms with E-state index < -0.39 is 10.0 Å². The first-order valence-electron chi connectivity index (χ1n) is 4.92. The van der Waals surface area contributed by atoms with E-state index in [1.165, 1.54) is 4.31 Å². The third-order valence-corrected chi connectivity index (χ3v) is 4.16. The molecule has 84 valence electrons. The summed E-state index contributed by atoms with van der Waals surface area (Å²) in [7, 11) is -2.99. The fourth-order valence-corrected chi connectivity index (χ4v) is 3.03. The van der Waals surface area contributed by atoms with Crippen molar-refractivity contribution in [1.29, 1.82) is 0 Å². The zero-order chi connectivity index (χ0) is 10.4. The Morgan fingerprint density at radius 2 is 2.07 bits per heavy atom. The van der Waals surface area contributed by atoms with Gasteiger partial charge < -0.3 is 10.5 Å². The quantitative estimate of drug-likeness (QED) is 0.630. The Labute approximate surface area is 85.3 Å². The van der Waals surface area contributed by atoms with E-state index in [1.54, 1.807) is 0 Å². The summed E-state index contributed by atoms with van der Waals surface area (Å²) in [6, 6.07) is 0. The van der Waals surface area contributed by atoms with Crippen LogP contribution in [0.15, 0.2) is 0 Å². The van der Waals surface area contributed by atoms with E-state index in [9.17, 15) is 8.42 Å². The number of hydrogen-bond donors (Lipinski definition) is 1. The number of nitrogens with zero attached hydrogens (tertiary/aromatic N) is 1. The molecule has 0 aliphatic carbocycles. The van der Waals surface area contributed by atoms with Crippen molar-refractivity contribution in [3.05, 3.63) is 0 Å². The summed E-state index contributed by atoms with van der Waals surface area (Å²) in [5, 5.41) is 0. The standard InChI is InChI=1S/C8H18N2O3S/c9-3-6-13-7-5-10-4-1-2-8-14(10,11)12/h1-9H2. The second-order valence-electron chi connectivity index (χ2n) is 3.32. The molecule has 5 nitrogen and oxygen atoms in total. The largest absolute Gasteiger partial charge is 0.379 e. The van der Waals surface area contributed by atoms with E-state index in [4.69, 9.17) is 10.5 Å². The predicted molar refractivity (Wildman–Crippen MR) is 54.5 cm³/mol. The molecular weight excluding hydrogens is 204 g/mol. The molecule has 0 unspecified atom stereocenters. The zero-order valence-corrected chi connectivity index (χ0v) is 9.13. The maximum absolute atomic E-state index is 11.5. The molecule has 6 heteroatoms. The molecule has 1 saturated heterocycles. The number of sulfonamides is 1. The van der Waals surface area contributed by atoms with Crippen molar-refractivity contribution >= 4 is 10.0 Å². The van der Waals surface area contributed by atoms with Crippen molar-refractivity contribution in [3.8, 4) is 0 Å². The smallest absolute Gasteiger partial charge is 0.214 e. The molecular formula is C8H18N2O3S. The average molecular weight is 222 g/mol. The van der Waals surface area contributed by atoms with Crippen molar-refractivity contribution in [2.24, 2.45) is 5.73 Å². The number of ether oxygens (including phenoxy) is 1. The minimum Gasteiger partial charge on any atom is -0.379 e. The number of rotatable bonds is 5. The zero-order valence-electron chi connectivity index (χ0n) is 8.31. The van der Waals surface area contributed by atoms with Crippen LogP contribution in [-0.4, -0.2) is 51.3 Å². The highest BCUT2D eigenvalue weighted by atomic mass is 32.2. The van der Waals surface area contributed by atoms with E-state index in [0.29, 0.717) is 32.8 Å². The lowest BCUT2D eigenvalue weighted by molar-refractivity contribution is 0.128. The maximum Gasteiger partial charge on any atom is 0.214 e. The third kappa shape index (κ3) is 3.53. The van der Waals surface area contributed by atoms with E-state index in [0.717, 1.165) is 12.8 Å². The second kappa shape index (κ2) is 5.65. The molecule has 1 fully saturated rings. The van der Waals surface area contributed by atoms with Gasteiger partial charge in [0, 0.05) is 19.6 Å². The van der Waals surface area contributed by atoms with Crippen LogP contribution in [-0.2, 0) is 14.8 Å². The van der Waals surface area contributed by atoms with Crippen LogP contribution in [0.5, 0.6) is 0 Å². The molecule has 0 aromatic rings. The van der Waals surface area contributed by atoms with Crippen LogP contribution in [0.3, 0.4) is 0 Å². The molecule has 2 N–H and O–H groups in total. The first kappa shape index (κ1) is 11.9. The summed E-state index contributed by atoms with van der Waals surface area (Å²) in [6.45, 7) is 2.51. The second-order valence-corrected chi connectivity index (χ2v) is 5.41. The van der Waals surface area contributed by atoms with E-state index in [-0.39, 0.29) is 5.75 Å². The Kier molecular flexibility index (Phi) is 4.80. The molecule has 0 aromatic carbocycles. The average Bonchev–Trinajstić information content (AvgIpc) is 2.14. The Balaban J connectivity index is 2.28. The number of nitrogens with two attached hydrogens (primary N) is 1. The van der Waals surface area contributed by atoms with Crippen LogP contribution >= 0.6 is 0 Å². The maximum atomic E-state index is 11.5. The topological polar surface area (TPSA) is 72.6 Å². The monoisotopic (exact) mass is 222 g/mol. The molecule has 0 atom stereocenters. The molecule has 1 heterocycles. The van der Waals surface area contributed by atoms with Gasteiger partial charge in [-0.1, -0.05) is 0 Å². The van der Waals surface area contributed by atoms with Gasteiger partial charge >= 0.3 is 0 Å². The van der Waals surface area contributed by atoms with Crippen molar-refractivity contribution in [1.82, 2.24) is 4.31 Å². The normalized spacial score (nSPS) is 22.4. The van der Waals surface area contributed by atoms with E-state index in [2.05, 4.69) is 0 Å². The fraction of sp³-hybridized carbons (Fsp3) is 1.00. The minimum atomic E-state index is -2.99.